The normalized spacial score (nSPS) is 23.5. The zero-order valence-electron chi connectivity index (χ0n) is 16.2. The Kier molecular flexibility index (Phi) is 6.33. The van der Waals surface area contributed by atoms with E-state index in [1.54, 1.807) is 11.3 Å². The third kappa shape index (κ3) is 4.28. The maximum atomic E-state index is 12.4. The summed E-state index contributed by atoms with van der Waals surface area (Å²) >= 11 is 1.60. The third-order valence-corrected chi connectivity index (χ3v) is 7.24. The van der Waals surface area contributed by atoms with Crippen LogP contribution in [0.25, 0.3) is 0 Å². The van der Waals surface area contributed by atoms with Crippen LogP contribution >= 0.6 is 11.3 Å². The summed E-state index contributed by atoms with van der Waals surface area (Å²) in [5.41, 5.74) is 1.88. The van der Waals surface area contributed by atoms with Gasteiger partial charge < -0.3 is 15.1 Å². The number of aryl methyl sites for hydroxylation is 1. The summed E-state index contributed by atoms with van der Waals surface area (Å²) < 4.78 is 0. The number of carbonyl (C=O) groups excluding carboxylic acids is 1. The Balaban J connectivity index is 1.53. The van der Waals surface area contributed by atoms with Gasteiger partial charge in [0.25, 0.3) is 0 Å². The second kappa shape index (κ2) is 8.51. The van der Waals surface area contributed by atoms with Crippen LogP contribution in [-0.2, 0) is 17.6 Å². The summed E-state index contributed by atoms with van der Waals surface area (Å²) in [6.07, 6.45) is 7.14. The van der Waals surface area contributed by atoms with E-state index in [2.05, 4.69) is 42.2 Å². The number of rotatable bonds is 5. The molecular formula is C20H30N4OS. The number of fused-ring (bicyclic) bond motifs is 1. The Morgan fingerprint density at radius 3 is 2.92 bits per heavy atom. The van der Waals surface area contributed by atoms with Crippen molar-refractivity contribution in [1.29, 1.82) is 5.26 Å². The van der Waals surface area contributed by atoms with Gasteiger partial charge in [0, 0.05) is 29.9 Å². The van der Waals surface area contributed by atoms with E-state index in [0.717, 1.165) is 50.2 Å². The van der Waals surface area contributed by atoms with Gasteiger partial charge in [0.15, 0.2) is 0 Å². The molecule has 0 spiro atoms. The highest BCUT2D eigenvalue weighted by Crippen LogP contribution is 2.37. The minimum atomic E-state index is 0.0212. The maximum absolute atomic E-state index is 12.4. The van der Waals surface area contributed by atoms with Crippen LogP contribution in [0.2, 0.25) is 0 Å². The first-order valence-electron chi connectivity index (χ1n) is 9.74. The topological polar surface area (TPSA) is 59.4 Å². The number of nitriles is 1. The first-order chi connectivity index (χ1) is 12.5. The highest BCUT2D eigenvalue weighted by atomic mass is 32.1. The molecule has 2 heterocycles. The van der Waals surface area contributed by atoms with E-state index in [9.17, 15) is 10.1 Å². The van der Waals surface area contributed by atoms with E-state index < -0.39 is 0 Å². The number of piperidine rings is 1. The van der Waals surface area contributed by atoms with Gasteiger partial charge in [-0.15, -0.1) is 11.3 Å². The number of hydrogen-bond acceptors (Lipinski definition) is 5. The van der Waals surface area contributed by atoms with Gasteiger partial charge in [-0.05, 0) is 71.7 Å². The van der Waals surface area contributed by atoms with Crippen LogP contribution in [0.5, 0.6) is 0 Å². The van der Waals surface area contributed by atoms with E-state index in [-0.39, 0.29) is 5.91 Å². The first-order valence-corrected chi connectivity index (χ1v) is 10.6. The molecule has 1 N–H and O–H groups in total. The summed E-state index contributed by atoms with van der Waals surface area (Å²) in [5.74, 6) is 0.0212. The Morgan fingerprint density at radius 1 is 1.42 bits per heavy atom. The molecule has 3 rings (SSSR count). The van der Waals surface area contributed by atoms with Gasteiger partial charge in [-0.1, -0.05) is 0 Å². The van der Waals surface area contributed by atoms with Crippen molar-refractivity contribution in [3.63, 3.8) is 0 Å². The molecule has 1 aromatic rings. The largest absolute Gasteiger partial charge is 0.317 e. The monoisotopic (exact) mass is 374 g/mol. The molecule has 0 unspecified atom stereocenters. The van der Waals surface area contributed by atoms with Crippen molar-refractivity contribution in [2.24, 2.45) is 0 Å². The van der Waals surface area contributed by atoms with Crippen molar-refractivity contribution >= 4 is 22.2 Å². The standard InChI is InChI=1S/C20H30N4OS/c1-14-12-15(8-10-23(14)2)24(3)11-9-19(25)22-20-17(13-21)16-6-4-5-7-18(16)26-20/h14-15H,4-12H2,1-3H3,(H,22,25)/t14-,15+/m0/s1. The summed E-state index contributed by atoms with van der Waals surface area (Å²) in [6.45, 7) is 4.16. The number of amides is 1. The van der Waals surface area contributed by atoms with Crippen LogP contribution in [-0.4, -0.2) is 55.0 Å². The van der Waals surface area contributed by atoms with Crippen molar-refractivity contribution in [1.82, 2.24) is 9.80 Å². The molecule has 5 nitrogen and oxygen atoms in total. The second-order valence-electron chi connectivity index (χ2n) is 7.81. The molecule has 0 saturated carbocycles. The van der Waals surface area contributed by atoms with E-state index in [4.69, 9.17) is 0 Å². The van der Waals surface area contributed by atoms with Crippen LogP contribution < -0.4 is 5.32 Å². The lowest BCUT2D eigenvalue weighted by molar-refractivity contribution is -0.116. The van der Waals surface area contributed by atoms with Crippen LogP contribution in [0, 0.1) is 11.3 Å². The van der Waals surface area contributed by atoms with Crippen LogP contribution in [0.3, 0.4) is 0 Å². The number of thiophene rings is 1. The number of nitrogens with zero attached hydrogens (tertiary/aromatic N) is 3. The van der Waals surface area contributed by atoms with Gasteiger partial charge >= 0.3 is 0 Å². The van der Waals surface area contributed by atoms with Crippen molar-refractivity contribution in [2.75, 3.05) is 32.5 Å². The fraction of sp³-hybridized carbons (Fsp3) is 0.700. The van der Waals surface area contributed by atoms with Gasteiger partial charge in [0.1, 0.15) is 11.1 Å². The zero-order valence-corrected chi connectivity index (χ0v) is 17.0. The molecule has 2 atom stereocenters. The molecule has 2 aliphatic rings. The maximum Gasteiger partial charge on any atom is 0.226 e. The lowest BCUT2D eigenvalue weighted by atomic mass is 9.96. The molecule has 0 aromatic carbocycles. The molecule has 1 saturated heterocycles. The van der Waals surface area contributed by atoms with Crippen molar-refractivity contribution in [2.45, 2.75) is 64.0 Å². The predicted molar refractivity (Wildman–Crippen MR) is 107 cm³/mol. The van der Waals surface area contributed by atoms with Crippen LogP contribution in [0.1, 0.15) is 55.0 Å². The van der Waals surface area contributed by atoms with Gasteiger partial charge in [-0.3, -0.25) is 4.79 Å². The molecule has 6 heteroatoms. The van der Waals surface area contributed by atoms with Crippen LogP contribution in [0.4, 0.5) is 5.00 Å². The number of nitrogens with one attached hydrogen (secondary N) is 1. The van der Waals surface area contributed by atoms with E-state index in [1.807, 2.05) is 0 Å². The molecule has 1 aliphatic heterocycles. The van der Waals surface area contributed by atoms with Gasteiger partial charge in [-0.2, -0.15) is 5.26 Å². The summed E-state index contributed by atoms with van der Waals surface area (Å²) in [7, 11) is 4.31. The van der Waals surface area contributed by atoms with Crippen LogP contribution in [0.15, 0.2) is 0 Å². The minimum absolute atomic E-state index is 0.0212. The average molecular weight is 375 g/mol. The van der Waals surface area contributed by atoms with Crippen molar-refractivity contribution < 1.29 is 4.79 Å². The van der Waals surface area contributed by atoms with E-state index >= 15 is 0 Å². The highest BCUT2D eigenvalue weighted by Gasteiger charge is 2.26. The quantitative estimate of drug-likeness (QED) is 0.859. The van der Waals surface area contributed by atoms with Crippen molar-refractivity contribution in [3.8, 4) is 6.07 Å². The molecule has 0 bridgehead atoms. The Bertz CT molecular complexity index is 693. The van der Waals surface area contributed by atoms with Gasteiger partial charge in [-0.25, -0.2) is 0 Å². The molecule has 1 fully saturated rings. The summed E-state index contributed by atoms with van der Waals surface area (Å²) in [4.78, 5) is 18.5. The highest BCUT2D eigenvalue weighted by molar-refractivity contribution is 7.16. The molecule has 1 amide bonds. The lowest BCUT2D eigenvalue weighted by Gasteiger charge is -2.39. The van der Waals surface area contributed by atoms with E-state index in [0.29, 0.717) is 24.1 Å². The predicted octanol–water partition coefficient (Wildman–Crippen LogP) is 3.24. The minimum Gasteiger partial charge on any atom is -0.317 e. The Labute approximate surface area is 161 Å². The third-order valence-electron chi connectivity index (χ3n) is 6.03. The van der Waals surface area contributed by atoms with Crippen molar-refractivity contribution in [3.05, 3.63) is 16.0 Å². The molecule has 1 aliphatic carbocycles. The molecule has 1 aromatic heterocycles. The Morgan fingerprint density at radius 2 is 2.19 bits per heavy atom. The average Bonchev–Trinajstić information content (AvgIpc) is 2.98. The fourth-order valence-corrected chi connectivity index (χ4v) is 5.34. The molecule has 0 radical (unpaired) electrons. The molecular weight excluding hydrogens is 344 g/mol. The smallest absolute Gasteiger partial charge is 0.226 e. The Hall–Kier alpha value is -1.42. The SMILES string of the molecule is C[C@H]1C[C@H](N(C)CCC(=O)Nc2sc3c(c2C#N)CCCC3)CCN1C. The molecule has 26 heavy (non-hydrogen) atoms. The number of carbonyl (C=O) groups is 1. The fourth-order valence-electron chi connectivity index (χ4n) is 4.09. The van der Waals surface area contributed by atoms with E-state index in [1.165, 1.54) is 16.9 Å². The zero-order chi connectivity index (χ0) is 18.7. The first kappa shape index (κ1) is 19.3. The van der Waals surface area contributed by atoms with Gasteiger partial charge in [0.2, 0.25) is 5.91 Å². The lowest BCUT2D eigenvalue weighted by Crippen LogP contribution is -2.46. The number of anilines is 1. The number of hydrogen-bond donors (Lipinski definition) is 1. The van der Waals surface area contributed by atoms with Gasteiger partial charge in [0.05, 0.1) is 5.56 Å². The summed E-state index contributed by atoms with van der Waals surface area (Å²) in [5, 5.41) is 13.3. The molecule has 142 valence electrons. The second-order valence-corrected chi connectivity index (χ2v) is 8.92. The number of likely N-dealkylation sites (tertiary alicyclic amines) is 1. The summed E-state index contributed by atoms with van der Waals surface area (Å²) in [6, 6.07) is 3.47.